The molecular formula is C18H31N3O4S. The van der Waals surface area contributed by atoms with E-state index < -0.39 is 10.2 Å². The Hall–Kier alpha value is -0.930. The molecular weight excluding hydrogens is 354 g/mol. The summed E-state index contributed by atoms with van der Waals surface area (Å²) >= 11 is 0. The second kappa shape index (κ2) is 8.39. The van der Waals surface area contributed by atoms with E-state index in [0.29, 0.717) is 44.7 Å². The van der Waals surface area contributed by atoms with E-state index in [9.17, 15) is 8.42 Å². The molecule has 7 nitrogen and oxygen atoms in total. The van der Waals surface area contributed by atoms with Gasteiger partial charge in [0.05, 0.1) is 19.3 Å². The Morgan fingerprint density at radius 3 is 2.42 bits per heavy atom. The van der Waals surface area contributed by atoms with Crippen molar-refractivity contribution in [1.29, 1.82) is 0 Å². The van der Waals surface area contributed by atoms with Crippen molar-refractivity contribution in [3.8, 4) is 0 Å². The predicted octanol–water partition coefficient (Wildman–Crippen LogP) is 1.77. The number of nitrogens with zero attached hydrogens (tertiary/aromatic N) is 2. The molecule has 0 radical (unpaired) electrons. The van der Waals surface area contributed by atoms with E-state index in [1.165, 1.54) is 0 Å². The Morgan fingerprint density at radius 1 is 1.19 bits per heavy atom. The molecule has 0 amide bonds. The van der Waals surface area contributed by atoms with Crippen molar-refractivity contribution < 1.29 is 17.6 Å². The SMILES string of the molecule is Cc1ccc(C(CNS(=O)(=O)N2CC(C)CC(C)C2)N2CCOCC2)o1. The van der Waals surface area contributed by atoms with Crippen LogP contribution in [0.15, 0.2) is 16.5 Å². The minimum Gasteiger partial charge on any atom is -0.465 e. The highest BCUT2D eigenvalue weighted by atomic mass is 32.2. The standard InChI is InChI=1S/C18H31N3O4S/c1-14-10-15(2)13-21(12-14)26(22,23)19-11-17(18-5-4-16(3)25-18)20-6-8-24-9-7-20/h4-5,14-15,17,19H,6-13H2,1-3H3. The quantitative estimate of drug-likeness (QED) is 0.808. The maximum absolute atomic E-state index is 12.8. The molecule has 0 bridgehead atoms. The van der Waals surface area contributed by atoms with Crippen molar-refractivity contribution in [1.82, 2.24) is 13.9 Å². The summed E-state index contributed by atoms with van der Waals surface area (Å²) in [6, 6.07) is 3.74. The van der Waals surface area contributed by atoms with Gasteiger partial charge in [-0.05, 0) is 37.3 Å². The molecule has 2 fully saturated rings. The van der Waals surface area contributed by atoms with E-state index in [2.05, 4.69) is 23.5 Å². The molecule has 3 unspecified atom stereocenters. The molecule has 2 aliphatic rings. The summed E-state index contributed by atoms with van der Waals surface area (Å²) in [5, 5.41) is 0. The summed E-state index contributed by atoms with van der Waals surface area (Å²) in [5.74, 6) is 2.41. The highest BCUT2D eigenvalue weighted by molar-refractivity contribution is 7.87. The number of furan rings is 1. The molecule has 1 aromatic rings. The van der Waals surface area contributed by atoms with Crippen LogP contribution < -0.4 is 4.72 Å². The van der Waals surface area contributed by atoms with Crippen LogP contribution in [0.1, 0.15) is 37.8 Å². The number of rotatable bonds is 6. The van der Waals surface area contributed by atoms with Gasteiger partial charge in [-0.25, -0.2) is 4.72 Å². The highest BCUT2D eigenvalue weighted by Crippen LogP contribution is 2.25. The van der Waals surface area contributed by atoms with E-state index in [-0.39, 0.29) is 6.04 Å². The number of hydrogen-bond donors (Lipinski definition) is 1. The Bertz CT molecular complexity index is 674. The molecule has 0 spiro atoms. The number of aryl methyl sites for hydroxylation is 1. The van der Waals surface area contributed by atoms with Crippen molar-refractivity contribution in [3.63, 3.8) is 0 Å². The maximum Gasteiger partial charge on any atom is 0.279 e. The van der Waals surface area contributed by atoms with E-state index in [0.717, 1.165) is 31.0 Å². The van der Waals surface area contributed by atoms with Gasteiger partial charge in [0.15, 0.2) is 0 Å². The zero-order chi connectivity index (χ0) is 18.7. The summed E-state index contributed by atoms with van der Waals surface area (Å²) in [4.78, 5) is 2.23. The number of nitrogens with one attached hydrogen (secondary N) is 1. The zero-order valence-corrected chi connectivity index (χ0v) is 16.8. The molecule has 148 valence electrons. The lowest BCUT2D eigenvalue weighted by atomic mass is 9.94. The summed E-state index contributed by atoms with van der Waals surface area (Å²) in [6.45, 7) is 10.4. The normalized spacial score (nSPS) is 27.5. The molecule has 3 rings (SSSR count). The summed E-state index contributed by atoms with van der Waals surface area (Å²) in [5.41, 5.74) is 0. The van der Waals surface area contributed by atoms with Crippen LogP contribution in [-0.4, -0.2) is 63.6 Å². The fraction of sp³-hybridized carbons (Fsp3) is 0.778. The van der Waals surface area contributed by atoms with Crippen molar-refractivity contribution >= 4 is 10.2 Å². The number of hydrogen-bond acceptors (Lipinski definition) is 5. The average molecular weight is 386 g/mol. The first-order valence-corrected chi connectivity index (χ1v) is 10.9. The molecule has 2 saturated heterocycles. The van der Waals surface area contributed by atoms with Crippen molar-refractivity contribution in [2.75, 3.05) is 45.9 Å². The number of piperidine rings is 1. The summed E-state index contributed by atoms with van der Waals surface area (Å²) < 4.78 is 41.4. The van der Waals surface area contributed by atoms with Crippen molar-refractivity contribution in [2.24, 2.45) is 11.8 Å². The van der Waals surface area contributed by atoms with Crippen LogP contribution in [0.4, 0.5) is 0 Å². The average Bonchev–Trinajstić information content (AvgIpc) is 3.01. The Morgan fingerprint density at radius 2 is 1.85 bits per heavy atom. The van der Waals surface area contributed by atoms with Crippen LogP contribution in [0.3, 0.4) is 0 Å². The monoisotopic (exact) mass is 385 g/mol. The van der Waals surface area contributed by atoms with E-state index in [4.69, 9.17) is 9.15 Å². The lowest BCUT2D eigenvalue weighted by Gasteiger charge is -2.36. The van der Waals surface area contributed by atoms with Gasteiger partial charge in [-0.3, -0.25) is 4.90 Å². The first-order chi connectivity index (χ1) is 12.3. The van der Waals surface area contributed by atoms with Crippen LogP contribution in [0, 0.1) is 18.8 Å². The zero-order valence-electron chi connectivity index (χ0n) is 16.0. The third-order valence-electron chi connectivity index (χ3n) is 5.21. The minimum absolute atomic E-state index is 0.123. The fourth-order valence-electron chi connectivity index (χ4n) is 4.01. The van der Waals surface area contributed by atoms with Gasteiger partial charge in [0.2, 0.25) is 0 Å². The second-order valence-electron chi connectivity index (χ2n) is 7.73. The molecule has 2 aliphatic heterocycles. The third kappa shape index (κ3) is 4.86. The van der Waals surface area contributed by atoms with Crippen LogP contribution in [0.2, 0.25) is 0 Å². The third-order valence-corrected chi connectivity index (χ3v) is 6.72. The van der Waals surface area contributed by atoms with Crippen LogP contribution >= 0.6 is 0 Å². The van der Waals surface area contributed by atoms with Gasteiger partial charge in [-0.15, -0.1) is 0 Å². The van der Waals surface area contributed by atoms with E-state index in [1.54, 1.807) is 4.31 Å². The minimum atomic E-state index is -3.50. The molecule has 0 aliphatic carbocycles. The lowest BCUT2D eigenvalue weighted by Crippen LogP contribution is -2.50. The van der Waals surface area contributed by atoms with Gasteiger partial charge in [-0.1, -0.05) is 13.8 Å². The molecule has 3 heterocycles. The largest absolute Gasteiger partial charge is 0.465 e. The van der Waals surface area contributed by atoms with Crippen LogP contribution in [0.5, 0.6) is 0 Å². The van der Waals surface area contributed by atoms with Crippen LogP contribution in [-0.2, 0) is 14.9 Å². The first kappa shape index (κ1) is 19.8. The van der Waals surface area contributed by atoms with Crippen molar-refractivity contribution in [3.05, 3.63) is 23.7 Å². The molecule has 8 heteroatoms. The molecule has 1 N–H and O–H groups in total. The molecule has 0 saturated carbocycles. The van der Waals surface area contributed by atoms with Crippen LogP contribution in [0.25, 0.3) is 0 Å². The van der Waals surface area contributed by atoms with E-state index >= 15 is 0 Å². The molecule has 1 aromatic heterocycles. The lowest BCUT2D eigenvalue weighted by molar-refractivity contribution is 0.0126. The Balaban J connectivity index is 1.70. The van der Waals surface area contributed by atoms with Gasteiger partial charge >= 0.3 is 0 Å². The van der Waals surface area contributed by atoms with Gasteiger partial charge in [0.1, 0.15) is 11.5 Å². The predicted molar refractivity (Wildman–Crippen MR) is 100 cm³/mol. The molecule has 0 aromatic carbocycles. The van der Waals surface area contributed by atoms with Gasteiger partial charge in [-0.2, -0.15) is 12.7 Å². The summed E-state index contributed by atoms with van der Waals surface area (Å²) in [7, 11) is -3.50. The topological polar surface area (TPSA) is 75.0 Å². The fourth-order valence-corrected chi connectivity index (χ4v) is 5.46. The smallest absolute Gasteiger partial charge is 0.279 e. The number of morpholine rings is 1. The second-order valence-corrected chi connectivity index (χ2v) is 9.48. The van der Waals surface area contributed by atoms with Gasteiger partial charge < -0.3 is 9.15 Å². The Labute approximate surface area is 156 Å². The first-order valence-electron chi connectivity index (χ1n) is 9.48. The Kier molecular flexibility index (Phi) is 6.40. The van der Waals surface area contributed by atoms with Gasteiger partial charge in [0, 0.05) is 32.7 Å². The number of ether oxygens (including phenoxy) is 1. The summed E-state index contributed by atoms with van der Waals surface area (Å²) in [6.07, 6.45) is 1.08. The maximum atomic E-state index is 12.8. The molecule has 3 atom stereocenters. The van der Waals surface area contributed by atoms with Crippen molar-refractivity contribution in [2.45, 2.75) is 33.2 Å². The van der Waals surface area contributed by atoms with E-state index in [1.807, 2.05) is 19.1 Å². The highest BCUT2D eigenvalue weighted by Gasteiger charge is 2.32. The molecule has 26 heavy (non-hydrogen) atoms. The van der Waals surface area contributed by atoms with Gasteiger partial charge in [0.25, 0.3) is 10.2 Å².